The van der Waals surface area contributed by atoms with Crippen molar-refractivity contribution in [1.29, 1.82) is 0 Å². The van der Waals surface area contributed by atoms with E-state index in [1.165, 1.54) is 12.8 Å². The van der Waals surface area contributed by atoms with Gasteiger partial charge < -0.3 is 4.90 Å². The lowest BCUT2D eigenvalue weighted by atomic mass is 9.74. The molecule has 1 nitrogen and oxygen atoms in total. The minimum Gasteiger partial charge on any atom is -0.369 e. The molecule has 0 saturated carbocycles. The van der Waals surface area contributed by atoms with Crippen LogP contribution in [0, 0.1) is 11.2 Å². The zero-order valence-electron chi connectivity index (χ0n) is 11.9. The molecule has 0 aromatic heterocycles. The van der Waals surface area contributed by atoms with Gasteiger partial charge in [0.05, 0.1) is 5.69 Å². The quantitative estimate of drug-likeness (QED) is 0.705. The van der Waals surface area contributed by atoms with Gasteiger partial charge in [0.1, 0.15) is 5.82 Å². The van der Waals surface area contributed by atoms with Crippen molar-refractivity contribution in [1.82, 2.24) is 0 Å². The first-order valence-electron chi connectivity index (χ1n) is 7.23. The number of nitrogens with zero attached hydrogens (tertiary/aromatic N) is 1. The number of piperidine rings is 1. The molecule has 106 valence electrons. The van der Waals surface area contributed by atoms with E-state index in [9.17, 15) is 4.39 Å². The molecule has 1 aromatic rings. The minimum absolute atomic E-state index is 0.140. The van der Waals surface area contributed by atoms with Crippen LogP contribution in [-0.2, 0) is 5.88 Å². The van der Waals surface area contributed by atoms with E-state index in [1.54, 1.807) is 6.07 Å². The molecule has 0 amide bonds. The van der Waals surface area contributed by atoms with Crippen molar-refractivity contribution in [3.8, 4) is 0 Å². The molecule has 19 heavy (non-hydrogen) atoms. The predicted octanol–water partition coefficient (Wildman–Crippen LogP) is 4.97. The van der Waals surface area contributed by atoms with E-state index in [0.29, 0.717) is 11.3 Å². The van der Waals surface area contributed by atoms with Gasteiger partial charge in [-0.1, -0.05) is 32.8 Å². The molecular weight excluding hydrogens is 261 g/mol. The molecule has 0 bridgehead atoms. The van der Waals surface area contributed by atoms with Crippen LogP contribution in [0.1, 0.15) is 45.1 Å². The molecule has 0 aliphatic carbocycles. The summed E-state index contributed by atoms with van der Waals surface area (Å²) >= 11 is 5.73. The van der Waals surface area contributed by atoms with Crippen molar-refractivity contribution < 1.29 is 4.39 Å². The monoisotopic (exact) mass is 283 g/mol. The van der Waals surface area contributed by atoms with Crippen molar-refractivity contribution in [3.05, 3.63) is 29.6 Å². The minimum atomic E-state index is -0.140. The summed E-state index contributed by atoms with van der Waals surface area (Å²) in [5, 5.41) is 0. The number of anilines is 1. The Kier molecular flexibility index (Phi) is 4.72. The molecule has 3 heteroatoms. The largest absolute Gasteiger partial charge is 0.369 e. The third-order valence-corrected chi connectivity index (χ3v) is 5.14. The molecule has 0 radical (unpaired) electrons. The summed E-state index contributed by atoms with van der Waals surface area (Å²) in [4.78, 5) is 2.18. The molecule has 0 atom stereocenters. The summed E-state index contributed by atoms with van der Waals surface area (Å²) in [5.74, 6) is 0.227. The molecule has 0 N–H and O–H groups in total. The van der Waals surface area contributed by atoms with E-state index < -0.39 is 0 Å². The van der Waals surface area contributed by atoms with Gasteiger partial charge in [0.25, 0.3) is 0 Å². The highest BCUT2D eigenvalue weighted by Gasteiger charge is 2.31. The first-order chi connectivity index (χ1) is 9.14. The van der Waals surface area contributed by atoms with Crippen molar-refractivity contribution in [3.63, 3.8) is 0 Å². The van der Waals surface area contributed by atoms with Gasteiger partial charge in [-0.2, -0.15) is 0 Å². The van der Waals surface area contributed by atoms with Gasteiger partial charge in [-0.3, -0.25) is 0 Å². The van der Waals surface area contributed by atoms with Gasteiger partial charge in [-0.05, 0) is 36.0 Å². The van der Waals surface area contributed by atoms with Crippen LogP contribution >= 0.6 is 11.6 Å². The van der Waals surface area contributed by atoms with Gasteiger partial charge in [-0.25, -0.2) is 4.39 Å². The maximum Gasteiger partial charge on any atom is 0.146 e. The molecular formula is C16H23ClFN. The lowest BCUT2D eigenvalue weighted by molar-refractivity contribution is 0.199. The SMILES string of the molecule is CCC1(CC)CCN(c2ccc(CCl)cc2F)CC1. The van der Waals surface area contributed by atoms with Crippen LogP contribution in [-0.4, -0.2) is 13.1 Å². The Morgan fingerprint density at radius 2 is 1.84 bits per heavy atom. The Morgan fingerprint density at radius 1 is 1.21 bits per heavy atom. The first kappa shape index (κ1) is 14.6. The third kappa shape index (κ3) is 3.05. The van der Waals surface area contributed by atoms with E-state index in [4.69, 9.17) is 11.6 Å². The molecule has 0 spiro atoms. The fraction of sp³-hybridized carbons (Fsp3) is 0.625. The van der Waals surface area contributed by atoms with Gasteiger partial charge in [0.15, 0.2) is 0 Å². The Labute approximate surface area is 120 Å². The van der Waals surface area contributed by atoms with Gasteiger partial charge >= 0.3 is 0 Å². The Morgan fingerprint density at radius 3 is 2.32 bits per heavy atom. The lowest BCUT2D eigenvalue weighted by Crippen LogP contribution is -2.40. The van der Waals surface area contributed by atoms with Crippen LogP contribution in [0.5, 0.6) is 0 Å². The van der Waals surface area contributed by atoms with Crippen molar-refractivity contribution in [2.75, 3.05) is 18.0 Å². The van der Waals surface area contributed by atoms with Crippen molar-refractivity contribution >= 4 is 17.3 Å². The number of hydrogen-bond donors (Lipinski definition) is 0. The maximum absolute atomic E-state index is 14.1. The normalized spacial score (nSPS) is 18.6. The van der Waals surface area contributed by atoms with Crippen molar-refractivity contribution in [2.24, 2.45) is 5.41 Å². The highest BCUT2D eigenvalue weighted by molar-refractivity contribution is 6.17. The number of hydrogen-bond acceptors (Lipinski definition) is 1. The number of halogens is 2. The third-order valence-electron chi connectivity index (χ3n) is 4.83. The summed E-state index contributed by atoms with van der Waals surface area (Å²) < 4.78 is 14.1. The molecule has 1 aliphatic rings. The standard InChI is InChI=1S/C16H23ClFN/c1-3-16(4-2)7-9-19(10-8-16)15-6-5-13(12-17)11-14(15)18/h5-6,11H,3-4,7-10,12H2,1-2H3. The zero-order chi connectivity index (χ0) is 13.9. The summed E-state index contributed by atoms with van der Waals surface area (Å²) in [6.45, 7) is 6.46. The summed E-state index contributed by atoms with van der Waals surface area (Å²) in [5.41, 5.74) is 2.05. The van der Waals surface area contributed by atoms with Crippen LogP contribution in [0.2, 0.25) is 0 Å². The molecule has 1 heterocycles. The Bertz CT molecular complexity index is 419. The molecule has 0 unspecified atom stereocenters. The van der Waals surface area contributed by atoms with E-state index in [2.05, 4.69) is 18.7 Å². The summed E-state index contributed by atoms with van der Waals surface area (Å²) in [6.07, 6.45) is 4.78. The maximum atomic E-state index is 14.1. The van der Waals surface area contributed by atoms with Gasteiger partial charge in [0.2, 0.25) is 0 Å². The second-order valence-electron chi connectivity index (χ2n) is 5.61. The summed E-state index contributed by atoms with van der Waals surface area (Å²) in [6, 6.07) is 5.36. The Hall–Kier alpha value is -0.760. The van der Waals surface area contributed by atoms with E-state index in [0.717, 1.165) is 37.2 Å². The second kappa shape index (κ2) is 6.13. The smallest absolute Gasteiger partial charge is 0.146 e. The average Bonchev–Trinajstić information content (AvgIpc) is 2.47. The highest BCUT2D eigenvalue weighted by Crippen LogP contribution is 2.39. The van der Waals surface area contributed by atoms with Crippen LogP contribution in [0.3, 0.4) is 0 Å². The highest BCUT2D eigenvalue weighted by atomic mass is 35.5. The summed E-state index contributed by atoms with van der Waals surface area (Å²) in [7, 11) is 0. The van der Waals surface area contributed by atoms with Crippen molar-refractivity contribution in [2.45, 2.75) is 45.4 Å². The van der Waals surface area contributed by atoms with Crippen LogP contribution in [0.25, 0.3) is 0 Å². The predicted molar refractivity (Wildman–Crippen MR) is 80.4 cm³/mol. The molecule has 1 saturated heterocycles. The topological polar surface area (TPSA) is 3.24 Å². The van der Waals surface area contributed by atoms with Crippen LogP contribution < -0.4 is 4.90 Å². The Balaban J connectivity index is 2.09. The fourth-order valence-corrected chi connectivity index (χ4v) is 3.24. The van der Waals surface area contributed by atoms with E-state index in [1.807, 2.05) is 12.1 Å². The fourth-order valence-electron chi connectivity index (χ4n) is 3.07. The van der Waals surface area contributed by atoms with Crippen LogP contribution in [0.4, 0.5) is 10.1 Å². The van der Waals surface area contributed by atoms with Crippen LogP contribution in [0.15, 0.2) is 18.2 Å². The van der Waals surface area contributed by atoms with Gasteiger partial charge in [-0.15, -0.1) is 11.6 Å². The number of rotatable bonds is 4. The first-order valence-corrected chi connectivity index (χ1v) is 7.77. The van der Waals surface area contributed by atoms with E-state index in [-0.39, 0.29) is 5.82 Å². The lowest BCUT2D eigenvalue weighted by Gasteiger charge is -2.42. The van der Waals surface area contributed by atoms with E-state index >= 15 is 0 Å². The average molecular weight is 284 g/mol. The molecule has 1 aliphatic heterocycles. The molecule has 2 rings (SSSR count). The number of benzene rings is 1. The molecule has 1 fully saturated rings. The molecule has 1 aromatic carbocycles. The number of alkyl halides is 1. The van der Waals surface area contributed by atoms with Gasteiger partial charge in [0, 0.05) is 19.0 Å². The second-order valence-corrected chi connectivity index (χ2v) is 5.88. The zero-order valence-corrected chi connectivity index (χ0v) is 12.6.